The van der Waals surface area contributed by atoms with Gasteiger partial charge in [-0.2, -0.15) is 0 Å². The van der Waals surface area contributed by atoms with Crippen LogP contribution in [0.4, 0.5) is 5.69 Å². The van der Waals surface area contributed by atoms with Crippen molar-refractivity contribution in [1.82, 2.24) is 4.31 Å². The minimum atomic E-state index is -3.56. The normalized spacial score (nSPS) is 14.0. The van der Waals surface area contributed by atoms with Crippen LogP contribution < -0.4 is 11.1 Å². The van der Waals surface area contributed by atoms with Gasteiger partial charge in [0, 0.05) is 19.8 Å². The number of aryl methyl sites for hydroxylation is 1. The van der Waals surface area contributed by atoms with Crippen LogP contribution in [-0.2, 0) is 14.8 Å². The highest BCUT2D eigenvalue weighted by molar-refractivity contribution is 7.89. The Labute approximate surface area is 132 Å². The molecule has 1 atom stereocenters. The molecule has 0 fully saturated rings. The topological polar surface area (TPSA) is 92.5 Å². The molecule has 22 heavy (non-hydrogen) atoms. The van der Waals surface area contributed by atoms with Crippen molar-refractivity contribution < 1.29 is 13.2 Å². The number of amides is 1. The van der Waals surface area contributed by atoms with Gasteiger partial charge in [-0.15, -0.1) is 0 Å². The molecule has 124 valence electrons. The summed E-state index contributed by atoms with van der Waals surface area (Å²) in [4.78, 5) is 12.3. The van der Waals surface area contributed by atoms with Crippen molar-refractivity contribution in [2.24, 2.45) is 11.1 Å². The Bertz CT molecular complexity index is 661. The third-order valence-corrected chi connectivity index (χ3v) is 5.39. The number of rotatable bonds is 4. The number of carbonyl (C=O) groups excluding carboxylic acids is 1. The van der Waals surface area contributed by atoms with Crippen LogP contribution in [0.15, 0.2) is 23.1 Å². The molecule has 0 aliphatic rings. The highest BCUT2D eigenvalue weighted by atomic mass is 32.2. The summed E-state index contributed by atoms with van der Waals surface area (Å²) in [5.41, 5.74) is 6.55. The van der Waals surface area contributed by atoms with Crippen molar-refractivity contribution in [3.05, 3.63) is 23.8 Å². The fourth-order valence-corrected chi connectivity index (χ4v) is 2.91. The zero-order valence-electron chi connectivity index (χ0n) is 14.0. The van der Waals surface area contributed by atoms with E-state index in [-0.39, 0.29) is 16.2 Å². The van der Waals surface area contributed by atoms with Gasteiger partial charge in [-0.3, -0.25) is 4.79 Å². The molecule has 1 aromatic rings. The molecule has 0 saturated carbocycles. The van der Waals surface area contributed by atoms with E-state index in [1.54, 1.807) is 19.1 Å². The predicted molar refractivity (Wildman–Crippen MR) is 88.1 cm³/mol. The Morgan fingerprint density at radius 1 is 1.27 bits per heavy atom. The number of nitrogens with one attached hydrogen (secondary N) is 1. The second kappa shape index (κ2) is 6.36. The highest BCUT2D eigenvalue weighted by Crippen LogP contribution is 2.24. The van der Waals surface area contributed by atoms with E-state index in [2.05, 4.69) is 5.32 Å². The third kappa shape index (κ3) is 4.06. The van der Waals surface area contributed by atoms with Crippen molar-refractivity contribution in [1.29, 1.82) is 0 Å². The number of sulfonamides is 1. The lowest BCUT2D eigenvalue weighted by Crippen LogP contribution is -2.45. The summed E-state index contributed by atoms with van der Waals surface area (Å²) >= 11 is 0. The average Bonchev–Trinajstić information content (AvgIpc) is 2.38. The molecule has 0 radical (unpaired) electrons. The van der Waals surface area contributed by atoms with E-state index < -0.39 is 16.1 Å². The highest BCUT2D eigenvalue weighted by Gasteiger charge is 2.28. The van der Waals surface area contributed by atoms with Crippen molar-refractivity contribution in [3.8, 4) is 0 Å². The molecule has 0 saturated heterocycles. The molecule has 1 amide bonds. The molecule has 1 aromatic carbocycles. The Hall–Kier alpha value is -1.44. The van der Waals surface area contributed by atoms with E-state index in [9.17, 15) is 13.2 Å². The van der Waals surface area contributed by atoms with Gasteiger partial charge in [0.15, 0.2) is 0 Å². The number of hydrogen-bond acceptors (Lipinski definition) is 4. The maximum atomic E-state index is 12.3. The summed E-state index contributed by atoms with van der Waals surface area (Å²) in [6.45, 7) is 7.32. The van der Waals surface area contributed by atoms with Gasteiger partial charge in [0.05, 0.1) is 10.9 Å². The number of nitrogens with zero attached hydrogens (tertiary/aromatic N) is 1. The van der Waals surface area contributed by atoms with Crippen LogP contribution in [0.5, 0.6) is 0 Å². The number of nitrogens with two attached hydrogens (primary N) is 1. The number of benzene rings is 1. The smallest absolute Gasteiger partial charge is 0.242 e. The maximum Gasteiger partial charge on any atom is 0.242 e. The molecule has 0 bridgehead atoms. The Morgan fingerprint density at radius 2 is 1.82 bits per heavy atom. The largest absolute Gasteiger partial charge is 0.325 e. The van der Waals surface area contributed by atoms with Crippen molar-refractivity contribution >= 4 is 21.6 Å². The molecule has 1 rings (SSSR count). The summed E-state index contributed by atoms with van der Waals surface area (Å²) in [5.74, 6) is -0.343. The summed E-state index contributed by atoms with van der Waals surface area (Å²) < 4.78 is 25.7. The minimum Gasteiger partial charge on any atom is -0.325 e. The molecular weight excluding hydrogens is 302 g/mol. The van der Waals surface area contributed by atoms with E-state index >= 15 is 0 Å². The third-order valence-electron chi connectivity index (χ3n) is 3.43. The van der Waals surface area contributed by atoms with E-state index in [4.69, 9.17) is 5.73 Å². The van der Waals surface area contributed by atoms with Crippen LogP contribution in [0.25, 0.3) is 0 Å². The number of hydrogen-bond donors (Lipinski definition) is 2. The Balaban J connectivity index is 3.13. The molecule has 0 aliphatic carbocycles. The molecule has 6 nitrogen and oxygen atoms in total. The first kappa shape index (κ1) is 18.6. The fraction of sp³-hybridized carbons (Fsp3) is 0.533. The molecule has 0 spiro atoms. The van der Waals surface area contributed by atoms with Crippen LogP contribution >= 0.6 is 0 Å². The quantitative estimate of drug-likeness (QED) is 0.877. The standard InChI is InChI=1S/C15H25N3O3S/c1-10-7-8-11(9-12(10)22(20,21)18(5)6)17-14(19)13(16)15(2,3)4/h7-9,13H,16H2,1-6H3,(H,17,19)/t13-/m1/s1. The second-order valence-electron chi connectivity index (χ2n) is 6.60. The first-order valence-electron chi connectivity index (χ1n) is 6.97. The van der Waals surface area contributed by atoms with Gasteiger partial charge in [-0.25, -0.2) is 12.7 Å². The van der Waals surface area contributed by atoms with Crippen molar-refractivity contribution in [3.63, 3.8) is 0 Å². The van der Waals surface area contributed by atoms with Gasteiger partial charge in [0.1, 0.15) is 0 Å². The van der Waals surface area contributed by atoms with Crippen LogP contribution in [0.2, 0.25) is 0 Å². The van der Waals surface area contributed by atoms with Crippen LogP contribution in [0, 0.1) is 12.3 Å². The monoisotopic (exact) mass is 327 g/mol. The predicted octanol–water partition coefficient (Wildman–Crippen LogP) is 1.56. The van der Waals surface area contributed by atoms with E-state index in [0.29, 0.717) is 11.3 Å². The molecular formula is C15H25N3O3S. The average molecular weight is 327 g/mol. The van der Waals surface area contributed by atoms with E-state index in [1.807, 2.05) is 20.8 Å². The minimum absolute atomic E-state index is 0.166. The zero-order chi connectivity index (χ0) is 17.3. The Kier molecular flexibility index (Phi) is 5.38. The van der Waals surface area contributed by atoms with Crippen molar-refractivity contribution in [2.45, 2.75) is 38.6 Å². The lowest BCUT2D eigenvalue weighted by atomic mass is 9.87. The maximum absolute atomic E-state index is 12.3. The van der Waals surface area contributed by atoms with Gasteiger partial charge in [0.2, 0.25) is 15.9 Å². The molecule has 0 aromatic heterocycles. The SMILES string of the molecule is Cc1ccc(NC(=O)[C@@H](N)C(C)(C)C)cc1S(=O)(=O)N(C)C. The fourth-order valence-electron chi connectivity index (χ4n) is 1.77. The van der Waals surface area contributed by atoms with E-state index in [1.165, 1.54) is 20.2 Å². The number of anilines is 1. The van der Waals surface area contributed by atoms with Crippen LogP contribution in [0.1, 0.15) is 26.3 Å². The lowest BCUT2D eigenvalue weighted by Gasteiger charge is -2.26. The van der Waals surface area contributed by atoms with Gasteiger partial charge in [-0.1, -0.05) is 26.8 Å². The molecule has 3 N–H and O–H groups in total. The van der Waals surface area contributed by atoms with Crippen molar-refractivity contribution in [2.75, 3.05) is 19.4 Å². The van der Waals surface area contributed by atoms with Gasteiger partial charge >= 0.3 is 0 Å². The Morgan fingerprint density at radius 3 is 2.27 bits per heavy atom. The molecule has 0 aliphatic heterocycles. The zero-order valence-corrected chi connectivity index (χ0v) is 14.8. The van der Waals surface area contributed by atoms with Gasteiger partial charge < -0.3 is 11.1 Å². The summed E-state index contributed by atoms with van der Waals surface area (Å²) in [6, 6.07) is 4.09. The van der Waals surface area contributed by atoms with Gasteiger partial charge in [0.25, 0.3) is 0 Å². The molecule has 0 heterocycles. The van der Waals surface area contributed by atoms with Gasteiger partial charge in [-0.05, 0) is 30.0 Å². The molecule has 0 unspecified atom stereocenters. The summed E-state index contributed by atoms with van der Waals surface area (Å²) in [5, 5.41) is 2.68. The first-order chi connectivity index (χ1) is 9.87. The van der Waals surface area contributed by atoms with E-state index in [0.717, 1.165) is 4.31 Å². The second-order valence-corrected chi connectivity index (χ2v) is 8.72. The van der Waals surface area contributed by atoms with Crippen LogP contribution in [0.3, 0.4) is 0 Å². The summed E-state index contributed by atoms with van der Waals surface area (Å²) in [6.07, 6.45) is 0. The van der Waals surface area contributed by atoms with Crippen LogP contribution in [-0.4, -0.2) is 38.8 Å². The summed E-state index contributed by atoms with van der Waals surface area (Å²) in [7, 11) is -0.628. The number of carbonyl (C=O) groups is 1. The molecule has 7 heteroatoms. The first-order valence-corrected chi connectivity index (χ1v) is 8.41. The lowest BCUT2D eigenvalue weighted by molar-refractivity contribution is -0.119.